The summed E-state index contributed by atoms with van der Waals surface area (Å²) >= 11 is 0. The summed E-state index contributed by atoms with van der Waals surface area (Å²) in [5, 5.41) is 0. The second kappa shape index (κ2) is 4.39. The lowest BCUT2D eigenvalue weighted by Gasteiger charge is -2.14. The van der Waals surface area contributed by atoms with Gasteiger partial charge in [-0.25, -0.2) is 0 Å². The van der Waals surface area contributed by atoms with Crippen molar-refractivity contribution in [2.24, 2.45) is 0 Å². The van der Waals surface area contributed by atoms with Crippen LogP contribution in [-0.2, 0) is 11.2 Å². The molecule has 2 aromatic rings. The van der Waals surface area contributed by atoms with Gasteiger partial charge in [0.05, 0.1) is 19.2 Å². The van der Waals surface area contributed by atoms with Gasteiger partial charge in [0.25, 0.3) is 0 Å². The molecule has 2 heterocycles. The monoisotopic (exact) mass is 254 g/mol. The van der Waals surface area contributed by atoms with Crippen molar-refractivity contribution in [1.29, 1.82) is 0 Å². The van der Waals surface area contributed by atoms with Crippen LogP contribution in [0.2, 0.25) is 0 Å². The fourth-order valence-corrected chi connectivity index (χ4v) is 2.49. The minimum atomic E-state index is 0.0941. The van der Waals surface area contributed by atoms with Crippen LogP contribution in [0.15, 0.2) is 36.7 Å². The molecule has 0 atom stereocenters. The normalized spacial score (nSPS) is 13.6. The number of aromatic nitrogens is 1. The third kappa shape index (κ3) is 1.76. The number of anilines is 1. The molecule has 19 heavy (non-hydrogen) atoms. The van der Waals surface area contributed by atoms with Gasteiger partial charge in [-0.1, -0.05) is 6.07 Å². The second-order valence-electron chi connectivity index (χ2n) is 4.52. The fraction of sp³-hybridized carbons (Fsp3) is 0.200. The molecule has 1 aromatic carbocycles. The fourth-order valence-electron chi connectivity index (χ4n) is 2.49. The third-order valence-electron chi connectivity index (χ3n) is 3.48. The number of likely N-dealkylation sites (N-methyl/N-ethyl adjacent to an activating group) is 1. The number of ether oxygens (including phenoxy) is 1. The molecule has 4 nitrogen and oxygen atoms in total. The van der Waals surface area contributed by atoms with Crippen LogP contribution in [0, 0.1) is 0 Å². The minimum absolute atomic E-state index is 0.0941. The Morgan fingerprint density at radius 1 is 1.32 bits per heavy atom. The van der Waals surface area contributed by atoms with E-state index in [1.165, 1.54) is 0 Å². The van der Waals surface area contributed by atoms with E-state index in [2.05, 4.69) is 4.98 Å². The maximum absolute atomic E-state index is 11.8. The zero-order valence-corrected chi connectivity index (χ0v) is 10.9. The Hall–Kier alpha value is -2.36. The Morgan fingerprint density at radius 3 is 2.84 bits per heavy atom. The third-order valence-corrected chi connectivity index (χ3v) is 3.48. The van der Waals surface area contributed by atoms with Crippen LogP contribution in [-0.4, -0.2) is 25.0 Å². The highest BCUT2D eigenvalue weighted by Crippen LogP contribution is 2.41. The van der Waals surface area contributed by atoms with E-state index in [1.807, 2.05) is 24.3 Å². The number of nitrogens with zero attached hydrogens (tertiary/aromatic N) is 2. The standard InChI is InChI=1S/C15H14N2O2/c1-17-13-6-5-11(10-4-3-7-16-9-10)15(19-2)12(13)8-14(17)18/h3-7,9H,8H2,1-2H3. The molecule has 1 amide bonds. The predicted octanol–water partition coefficient (Wildman–Crippen LogP) is 2.28. The molecule has 1 aliphatic heterocycles. The van der Waals surface area contributed by atoms with E-state index < -0.39 is 0 Å². The van der Waals surface area contributed by atoms with Crippen molar-refractivity contribution in [3.8, 4) is 16.9 Å². The van der Waals surface area contributed by atoms with E-state index in [0.717, 1.165) is 28.1 Å². The number of hydrogen-bond acceptors (Lipinski definition) is 3. The average Bonchev–Trinajstić information content (AvgIpc) is 2.74. The Morgan fingerprint density at radius 2 is 2.16 bits per heavy atom. The zero-order chi connectivity index (χ0) is 13.4. The van der Waals surface area contributed by atoms with E-state index in [4.69, 9.17) is 4.74 Å². The smallest absolute Gasteiger partial charge is 0.231 e. The van der Waals surface area contributed by atoms with Gasteiger partial charge in [0.1, 0.15) is 5.75 Å². The number of pyridine rings is 1. The lowest BCUT2D eigenvalue weighted by atomic mass is 10.0. The van der Waals surface area contributed by atoms with Crippen molar-refractivity contribution >= 4 is 11.6 Å². The van der Waals surface area contributed by atoms with Gasteiger partial charge in [0.15, 0.2) is 0 Å². The van der Waals surface area contributed by atoms with Gasteiger partial charge < -0.3 is 9.64 Å². The molecular weight excluding hydrogens is 240 g/mol. The van der Waals surface area contributed by atoms with Crippen LogP contribution >= 0.6 is 0 Å². The predicted molar refractivity (Wildman–Crippen MR) is 73.3 cm³/mol. The van der Waals surface area contributed by atoms with E-state index in [-0.39, 0.29) is 5.91 Å². The Balaban J connectivity index is 2.20. The van der Waals surface area contributed by atoms with Gasteiger partial charge in [-0.3, -0.25) is 9.78 Å². The van der Waals surface area contributed by atoms with E-state index in [0.29, 0.717) is 6.42 Å². The van der Waals surface area contributed by atoms with Crippen molar-refractivity contribution in [3.05, 3.63) is 42.2 Å². The van der Waals surface area contributed by atoms with Crippen molar-refractivity contribution in [2.75, 3.05) is 19.1 Å². The Labute approximate surface area is 111 Å². The quantitative estimate of drug-likeness (QED) is 0.825. The Bertz CT molecular complexity index is 638. The number of benzene rings is 1. The summed E-state index contributed by atoms with van der Waals surface area (Å²) in [6.07, 6.45) is 3.93. The molecular formula is C15H14N2O2. The van der Waals surface area contributed by atoms with E-state index >= 15 is 0 Å². The molecule has 0 aliphatic carbocycles. The molecule has 0 bridgehead atoms. The number of rotatable bonds is 2. The first kappa shape index (κ1) is 11.7. The van der Waals surface area contributed by atoms with Gasteiger partial charge >= 0.3 is 0 Å². The summed E-state index contributed by atoms with van der Waals surface area (Å²) in [4.78, 5) is 17.6. The maximum atomic E-state index is 11.8. The van der Waals surface area contributed by atoms with Crippen LogP contribution < -0.4 is 9.64 Å². The molecule has 0 N–H and O–H groups in total. The van der Waals surface area contributed by atoms with Crippen molar-refractivity contribution < 1.29 is 9.53 Å². The number of hydrogen-bond donors (Lipinski definition) is 0. The molecule has 96 valence electrons. The average molecular weight is 254 g/mol. The summed E-state index contributed by atoms with van der Waals surface area (Å²) in [5.41, 5.74) is 3.84. The van der Waals surface area contributed by atoms with Crippen molar-refractivity contribution in [2.45, 2.75) is 6.42 Å². The zero-order valence-electron chi connectivity index (χ0n) is 10.9. The second-order valence-corrected chi connectivity index (χ2v) is 4.52. The summed E-state index contributed by atoms with van der Waals surface area (Å²) < 4.78 is 5.53. The number of amides is 1. The maximum Gasteiger partial charge on any atom is 0.231 e. The SMILES string of the molecule is COc1c(-c2cccnc2)ccc2c1CC(=O)N2C. The van der Waals surface area contributed by atoms with Gasteiger partial charge in [-0.05, 0) is 18.2 Å². The summed E-state index contributed by atoms with van der Waals surface area (Å²) in [7, 11) is 3.43. The molecule has 4 heteroatoms. The molecule has 0 fully saturated rings. The highest BCUT2D eigenvalue weighted by Gasteiger charge is 2.28. The molecule has 3 rings (SSSR count). The first-order valence-corrected chi connectivity index (χ1v) is 6.09. The van der Waals surface area contributed by atoms with Crippen molar-refractivity contribution in [3.63, 3.8) is 0 Å². The molecule has 0 unspecified atom stereocenters. The summed E-state index contributed by atoms with van der Waals surface area (Å²) in [6, 6.07) is 7.81. The van der Waals surface area contributed by atoms with Crippen LogP contribution in [0.5, 0.6) is 5.75 Å². The molecule has 1 aliphatic rings. The number of carbonyl (C=O) groups excluding carboxylic acids is 1. The summed E-state index contributed by atoms with van der Waals surface area (Å²) in [6.45, 7) is 0. The molecule has 0 radical (unpaired) electrons. The van der Waals surface area contributed by atoms with Crippen LogP contribution in [0.25, 0.3) is 11.1 Å². The van der Waals surface area contributed by atoms with E-state index in [9.17, 15) is 4.79 Å². The molecule has 0 saturated carbocycles. The highest BCUT2D eigenvalue weighted by atomic mass is 16.5. The number of methoxy groups -OCH3 is 1. The molecule has 1 aromatic heterocycles. The van der Waals surface area contributed by atoms with Crippen LogP contribution in [0.3, 0.4) is 0 Å². The molecule has 0 saturated heterocycles. The van der Waals surface area contributed by atoms with Crippen molar-refractivity contribution in [1.82, 2.24) is 4.98 Å². The number of fused-ring (bicyclic) bond motifs is 1. The van der Waals surface area contributed by atoms with Gasteiger partial charge in [-0.15, -0.1) is 0 Å². The summed E-state index contributed by atoms with van der Waals surface area (Å²) in [5.74, 6) is 0.861. The first-order valence-electron chi connectivity index (χ1n) is 6.09. The lowest BCUT2D eigenvalue weighted by Crippen LogP contribution is -2.20. The van der Waals surface area contributed by atoms with Crippen LogP contribution in [0.4, 0.5) is 5.69 Å². The highest BCUT2D eigenvalue weighted by molar-refractivity contribution is 6.03. The Kier molecular flexibility index (Phi) is 2.71. The van der Waals surface area contributed by atoms with Gasteiger partial charge in [-0.2, -0.15) is 0 Å². The lowest BCUT2D eigenvalue weighted by molar-refractivity contribution is -0.117. The minimum Gasteiger partial charge on any atom is -0.496 e. The first-order chi connectivity index (χ1) is 9.22. The van der Waals surface area contributed by atoms with E-state index in [1.54, 1.807) is 31.5 Å². The van der Waals surface area contributed by atoms with Crippen LogP contribution in [0.1, 0.15) is 5.56 Å². The molecule has 0 spiro atoms. The topological polar surface area (TPSA) is 42.4 Å². The van der Waals surface area contributed by atoms with Gasteiger partial charge in [0, 0.05) is 36.1 Å². The van der Waals surface area contributed by atoms with Gasteiger partial charge in [0.2, 0.25) is 5.91 Å². The number of carbonyl (C=O) groups is 1. The largest absolute Gasteiger partial charge is 0.496 e.